The van der Waals surface area contributed by atoms with Gasteiger partial charge in [-0.1, -0.05) is 75.1 Å². The summed E-state index contributed by atoms with van der Waals surface area (Å²) >= 11 is 6.69. The summed E-state index contributed by atoms with van der Waals surface area (Å²) < 4.78 is 48.1. The van der Waals surface area contributed by atoms with Gasteiger partial charge in [-0.2, -0.15) is 0 Å². The van der Waals surface area contributed by atoms with Crippen LogP contribution in [-0.2, 0) is 43.5 Å². The molecule has 3 unspecified atom stereocenters. The molecule has 0 bridgehead atoms. The zero-order valence-corrected chi connectivity index (χ0v) is 31.5. The predicted molar refractivity (Wildman–Crippen MR) is 185 cm³/mol. The summed E-state index contributed by atoms with van der Waals surface area (Å²) in [5, 5.41) is 0. The van der Waals surface area contributed by atoms with Crippen LogP contribution in [0.3, 0.4) is 0 Å². The first-order valence-electron chi connectivity index (χ1n) is 15.4. The number of carbonyl (C=O) groups is 4. The molecule has 266 valence electrons. The number of ether oxygens (including phenoxy) is 3. The minimum atomic E-state index is -4.31. The number of benzene rings is 1. The average molecular weight is 718 g/mol. The smallest absolute Gasteiger partial charge is 0.322 e. The van der Waals surface area contributed by atoms with Crippen molar-refractivity contribution >= 4 is 62.0 Å². The van der Waals surface area contributed by atoms with E-state index in [-0.39, 0.29) is 25.9 Å². The Balaban J connectivity index is 3.31. The van der Waals surface area contributed by atoms with Gasteiger partial charge in [0.05, 0.1) is 68.2 Å². The molecule has 0 heterocycles. The molecule has 0 aliphatic carbocycles. The summed E-state index contributed by atoms with van der Waals surface area (Å²) in [5.74, 6) is -4.18. The maximum atomic E-state index is 13.9. The van der Waals surface area contributed by atoms with Crippen molar-refractivity contribution in [2.24, 2.45) is 16.7 Å². The zero-order valence-electron chi connectivity index (χ0n) is 29.1. The van der Waals surface area contributed by atoms with Crippen molar-refractivity contribution < 1.29 is 50.8 Å². The highest BCUT2D eigenvalue weighted by atomic mass is 32.2. The van der Waals surface area contributed by atoms with E-state index in [9.17, 15) is 32.1 Å². The zero-order chi connectivity index (χ0) is 36.3. The molecule has 1 aromatic rings. The van der Waals surface area contributed by atoms with Gasteiger partial charge in [0.25, 0.3) is 0 Å². The van der Waals surface area contributed by atoms with E-state index in [4.69, 9.17) is 26.4 Å². The minimum Gasteiger partial charge on any atom is -0.748 e. The molecule has 14 heteroatoms. The molecular weight excluding hydrogens is 667 g/mol. The van der Waals surface area contributed by atoms with Crippen LogP contribution >= 0.6 is 24.0 Å². The summed E-state index contributed by atoms with van der Waals surface area (Å²) in [4.78, 5) is 53.8. The third-order valence-corrected chi connectivity index (χ3v) is 10.3. The number of Topliss-reactive ketones (excluding diaryl/α,β-unsaturated/α-hetero) is 1. The Hall–Kier alpha value is -2.39. The first kappa shape index (κ1) is 42.6. The number of methoxy groups -OCH3 is 2. The summed E-state index contributed by atoms with van der Waals surface area (Å²) in [7, 11) is 1.88. The number of ketones is 1. The Labute approximate surface area is 289 Å². The first-order chi connectivity index (χ1) is 21.5. The van der Waals surface area contributed by atoms with Crippen LogP contribution in [0.1, 0.15) is 72.3 Å². The van der Waals surface area contributed by atoms with Gasteiger partial charge in [0.2, 0.25) is 0 Å². The molecule has 1 aromatic carbocycles. The number of nitrogens with zero attached hydrogens (tertiary/aromatic N) is 1. The monoisotopic (exact) mass is 717 g/mol. The summed E-state index contributed by atoms with van der Waals surface area (Å²) in [6, 6.07) is 9.06. The maximum Gasteiger partial charge on any atom is 0.322 e. The second kappa shape index (κ2) is 17.8. The van der Waals surface area contributed by atoms with Gasteiger partial charge in [-0.05, 0) is 37.7 Å². The molecule has 11 nitrogen and oxygen atoms in total. The molecule has 0 saturated heterocycles. The summed E-state index contributed by atoms with van der Waals surface area (Å²) in [6.07, 6.45) is 0.214. The normalized spacial score (nSPS) is 15.4. The lowest BCUT2D eigenvalue weighted by Gasteiger charge is -2.34. The molecule has 0 radical (unpaired) electrons. The molecule has 0 aliphatic rings. The van der Waals surface area contributed by atoms with E-state index >= 15 is 0 Å². The number of hydrogen-bond acceptors (Lipinski definition) is 12. The third kappa shape index (κ3) is 14.7. The quantitative estimate of drug-likeness (QED) is 0.0375. The van der Waals surface area contributed by atoms with E-state index < -0.39 is 67.5 Å². The standard InChI is InChI=1S/C33H51NO10S3/c1-31(2,3)23-32(4,29(37)42-8)26(35)21-25(27(36)44-19-13-17-34(6,7)18-14-20-47(39,40)41)22-33(5,30(38)43-9)46-28(45)24-15-11-10-12-16-24/h10-12,15-16,25H,13-14,17-23H2,1-9H3. The lowest BCUT2D eigenvalue weighted by Crippen LogP contribution is -2.44. The van der Waals surface area contributed by atoms with Gasteiger partial charge >= 0.3 is 17.9 Å². The van der Waals surface area contributed by atoms with Crippen molar-refractivity contribution in [3.05, 3.63) is 35.9 Å². The van der Waals surface area contributed by atoms with Crippen LogP contribution in [0.4, 0.5) is 0 Å². The Kier molecular flexibility index (Phi) is 16.2. The molecule has 3 atom stereocenters. The van der Waals surface area contributed by atoms with E-state index in [0.717, 1.165) is 11.8 Å². The van der Waals surface area contributed by atoms with Gasteiger partial charge in [0.1, 0.15) is 10.2 Å². The molecule has 0 saturated carbocycles. The van der Waals surface area contributed by atoms with Crippen molar-refractivity contribution in [2.45, 2.75) is 71.5 Å². The van der Waals surface area contributed by atoms with Crippen LogP contribution in [-0.4, -0.2) is 104 Å². The summed E-state index contributed by atoms with van der Waals surface area (Å²) in [6.45, 7) is 9.72. The van der Waals surface area contributed by atoms with Crippen molar-refractivity contribution in [3.63, 3.8) is 0 Å². The second-order valence-electron chi connectivity index (χ2n) is 14.1. The fourth-order valence-electron chi connectivity index (χ4n) is 5.51. The maximum absolute atomic E-state index is 13.9. The van der Waals surface area contributed by atoms with E-state index in [1.54, 1.807) is 19.1 Å². The van der Waals surface area contributed by atoms with Gasteiger partial charge in [-0.3, -0.25) is 19.2 Å². The minimum absolute atomic E-state index is 0.00811. The number of thioether (sulfide) groups is 1. The molecule has 0 aliphatic heterocycles. The van der Waals surface area contributed by atoms with Gasteiger partial charge in [0, 0.05) is 25.0 Å². The third-order valence-electron chi connectivity index (χ3n) is 7.79. The van der Waals surface area contributed by atoms with Gasteiger partial charge < -0.3 is 23.2 Å². The number of carbonyl (C=O) groups excluding carboxylic acids is 4. The number of esters is 3. The topological polar surface area (TPSA) is 153 Å². The van der Waals surface area contributed by atoms with Gasteiger partial charge in [-0.15, -0.1) is 0 Å². The van der Waals surface area contributed by atoms with Crippen LogP contribution in [0.25, 0.3) is 0 Å². The Morgan fingerprint density at radius 2 is 1.49 bits per heavy atom. The van der Waals surface area contributed by atoms with Crippen LogP contribution in [0.2, 0.25) is 0 Å². The largest absolute Gasteiger partial charge is 0.748 e. The van der Waals surface area contributed by atoms with Crippen LogP contribution in [0.15, 0.2) is 30.3 Å². The highest BCUT2D eigenvalue weighted by molar-refractivity contribution is 8.25. The fourth-order valence-corrected chi connectivity index (χ4v) is 7.80. The second-order valence-corrected chi connectivity index (χ2v) is 17.8. The number of hydrogen-bond donors (Lipinski definition) is 0. The SMILES string of the molecule is COC(=O)C(C)(CC(CC(=O)C(C)(CC(C)(C)C)C(=O)OC)C(=O)OCCC[N+](C)(C)CCCS(=O)(=O)[O-])SC(=S)c1ccccc1. The molecule has 0 amide bonds. The van der Waals surface area contributed by atoms with Crippen LogP contribution < -0.4 is 0 Å². The highest BCUT2D eigenvalue weighted by Gasteiger charge is 2.48. The van der Waals surface area contributed by atoms with Crippen molar-refractivity contribution in [3.8, 4) is 0 Å². The Bertz CT molecular complexity index is 1360. The molecule has 1 rings (SSSR count). The van der Waals surface area contributed by atoms with E-state index in [2.05, 4.69) is 0 Å². The number of thiocarbonyl (C=S) groups is 1. The van der Waals surface area contributed by atoms with Crippen molar-refractivity contribution in [1.29, 1.82) is 0 Å². The van der Waals surface area contributed by atoms with Gasteiger partial charge in [0.15, 0.2) is 5.78 Å². The molecule has 47 heavy (non-hydrogen) atoms. The van der Waals surface area contributed by atoms with E-state index in [1.807, 2.05) is 53.1 Å². The van der Waals surface area contributed by atoms with Gasteiger partial charge in [-0.25, -0.2) is 8.42 Å². The molecule has 0 spiro atoms. The Morgan fingerprint density at radius 3 is 2.00 bits per heavy atom. The Morgan fingerprint density at radius 1 is 0.936 bits per heavy atom. The first-order valence-corrected chi connectivity index (χ1v) is 18.2. The molecule has 0 N–H and O–H groups in total. The van der Waals surface area contributed by atoms with Crippen LogP contribution in [0, 0.1) is 16.7 Å². The van der Waals surface area contributed by atoms with E-state index in [1.165, 1.54) is 21.1 Å². The molecule has 0 fully saturated rings. The van der Waals surface area contributed by atoms with Crippen LogP contribution in [0.5, 0.6) is 0 Å². The molecular formula is C33H51NO10S3. The summed E-state index contributed by atoms with van der Waals surface area (Å²) in [5.41, 5.74) is -1.29. The van der Waals surface area contributed by atoms with E-state index in [0.29, 0.717) is 33.8 Å². The lowest BCUT2D eigenvalue weighted by atomic mass is 9.70. The fraction of sp³-hybridized carbons (Fsp3) is 0.667. The predicted octanol–water partition coefficient (Wildman–Crippen LogP) is 4.55. The number of quaternary nitrogens is 1. The number of rotatable bonds is 19. The highest BCUT2D eigenvalue weighted by Crippen LogP contribution is 2.41. The molecule has 0 aromatic heterocycles. The van der Waals surface area contributed by atoms with Crippen molar-refractivity contribution in [1.82, 2.24) is 0 Å². The average Bonchev–Trinajstić information content (AvgIpc) is 2.96. The van der Waals surface area contributed by atoms with Crippen molar-refractivity contribution in [2.75, 3.05) is 53.8 Å². The lowest BCUT2D eigenvalue weighted by molar-refractivity contribution is -0.890.